The summed E-state index contributed by atoms with van der Waals surface area (Å²) in [5.41, 5.74) is 6.95. The van der Waals surface area contributed by atoms with E-state index in [1.54, 1.807) is 6.07 Å². The number of aliphatic hydroxyl groups is 1. The molecule has 0 aliphatic heterocycles. The lowest BCUT2D eigenvalue weighted by Crippen LogP contribution is -2.25. The highest BCUT2D eigenvalue weighted by atomic mass is 19.1. The maximum atomic E-state index is 13.7. The molecule has 96 valence electrons. The zero-order valence-corrected chi connectivity index (χ0v) is 10.3. The van der Waals surface area contributed by atoms with Crippen LogP contribution >= 0.6 is 0 Å². The van der Waals surface area contributed by atoms with E-state index in [0.29, 0.717) is 18.7 Å². The molecule has 0 saturated carbocycles. The first-order chi connectivity index (χ1) is 8.21. The molecule has 0 spiro atoms. The van der Waals surface area contributed by atoms with Crippen molar-refractivity contribution in [3.05, 3.63) is 35.1 Å². The lowest BCUT2D eigenvalue weighted by atomic mass is 10.1. The smallest absolute Gasteiger partial charge is 0.128 e. The van der Waals surface area contributed by atoms with Crippen LogP contribution in [0, 0.1) is 5.82 Å². The Morgan fingerprint density at radius 3 is 2.71 bits per heavy atom. The summed E-state index contributed by atoms with van der Waals surface area (Å²) in [4.78, 5) is 2.11. The summed E-state index contributed by atoms with van der Waals surface area (Å²) < 4.78 is 13.7. The lowest BCUT2D eigenvalue weighted by Gasteiger charge is -2.20. The number of nitrogens with zero attached hydrogens (tertiary/aromatic N) is 1. The average molecular weight is 240 g/mol. The molecule has 0 fully saturated rings. The minimum absolute atomic E-state index is 0.172. The fraction of sp³-hybridized carbons (Fsp3) is 0.538. The molecule has 1 rings (SSSR count). The Hall–Kier alpha value is -0.970. The number of rotatable bonds is 7. The van der Waals surface area contributed by atoms with Crippen molar-refractivity contribution in [2.45, 2.75) is 26.4 Å². The van der Waals surface area contributed by atoms with E-state index in [0.717, 1.165) is 25.1 Å². The van der Waals surface area contributed by atoms with Gasteiger partial charge >= 0.3 is 0 Å². The van der Waals surface area contributed by atoms with Crippen LogP contribution in [0.1, 0.15) is 24.5 Å². The normalized spacial score (nSPS) is 11.1. The fourth-order valence-electron chi connectivity index (χ4n) is 1.73. The number of nitrogens with two attached hydrogens (primary N) is 1. The van der Waals surface area contributed by atoms with E-state index in [-0.39, 0.29) is 12.4 Å². The zero-order valence-electron chi connectivity index (χ0n) is 10.3. The van der Waals surface area contributed by atoms with Gasteiger partial charge in [0.1, 0.15) is 5.82 Å². The van der Waals surface area contributed by atoms with Crippen LogP contribution in [0.4, 0.5) is 4.39 Å². The monoisotopic (exact) mass is 240 g/mol. The van der Waals surface area contributed by atoms with Gasteiger partial charge in [0.25, 0.3) is 0 Å². The highest BCUT2D eigenvalue weighted by molar-refractivity contribution is 5.24. The molecule has 0 aromatic heterocycles. The zero-order chi connectivity index (χ0) is 12.7. The van der Waals surface area contributed by atoms with Gasteiger partial charge < -0.3 is 10.8 Å². The summed E-state index contributed by atoms with van der Waals surface area (Å²) in [6.45, 7) is 4.77. The SMILES string of the molecule is CCN(CCCO)Cc1ccc(CN)cc1F. The van der Waals surface area contributed by atoms with Gasteiger partial charge in [-0.25, -0.2) is 4.39 Å². The molecular formula is C13H21FN2O. The molecule has 1 aromatic rings. The second-order valence-electron chi connectivity index (χ2n) is 4.08. The molecule has 0 atom stereocenters. The fourth-order valence-corrected chi connectivity index (χ4v) is 1.73. The predicted octanol–water partition coefficient (Wildman–Crippen LogP) is 1.49. The van der Waals surface area contributed by atoms with Crippen LogP contribution in [0.3, 0.4) is 0 Å². The Kier molecular flexibility index (Phi) is 6.11. The Bertz CT molecular complexity index is 344. The molecular weight excluding hydrogens is 219 g/mol. The van der Waals surface area contributed by atoms with Crippen molar-refractivity contribution in [3.8, 4) is 0 Å². The van der Waals surface area contributed by atoms with E-state index in [2.05, 4.69) is 4.90 Å². The molecule has 0 aliphatic rings. The maximum absolute atomic E-state index is 13.7. The molecule has 0 radical (unpaired) electrons. The Morgan fingerprint density at radius 2 is 2.18 bits per heavy atom. The molecule has 3 N–H and O–H groups in total. The molecule has 0 bridgehead atoms. The van der Waals surface area contributed by atoms with Crippen LogP contribution in [-0.4, -0.2) is 29.7 Å². The number of hydrogen-bond donors (Lipinski definition) is 2. The van der Waals surface area contributed by atoms with Crippen LogP contribution in [0.5, 0.6) is 0 Å². The van der Waals surface area contributed by atoms with E-state index < -0.39 is 0 Å². The van der Waals surface area contributed by atoms with Crippen LogP contribution in [0.25, 0.3) is 0 Å². The first kappa shape index (κ1) is 14.1. The molecule has 4 heteroatoms. The van der Waals surface area contributed by atoms with Gasteiger partial charge in [0.05, 0.1) is 0 Å². The van der Waals surface area contributed by atoms with E-state index in [4.69, 9.17) is 10.8 Å². The molecule has 0 saturated heterocycles. The lowest BCUT2D eigenvalue weighted by molar-refractivity contribution is 0.223. The summed E-state index contributed by atoms with van der Waals surface area (Å²) in [6, 6.07) is 5.15. The van der Waals surface area contributed by atoms with Gasteiger partial charge in [0.2, 0.25) is 0 Å². The second kappa shape index (κ2) is 7.37. The Morgan fingerprint density at radius 1 is 1.41 bits per heavy atom. The first-order valence-electron chi connectivity index (χ1n) is 6.01. The molecule has 0 heterocycles. The highest BCUT2D eigenvalue weighted by Crippen LogP contribution is 2.13. The van der Waals surface area contributed by atoms with Crippen molar-refractivity contribution in [2.75, 3.05) is 19.7 Å². The third kappa shape index (κ3) is 4.42. The van der Waals surface area contributed by atoms with Crippen molar-refractivity contribution in [1.29, 1.82) is 0 Å². The second-order valence-corrected chi connectivity index (χ2v) is 4.08. The number of halogens is 1. The molecule has 0 unspecified atom stereocenters. The van der Waals surface area contributed by atoms with E-state index >= 15 is 0 Å². The topological polar surface area (TPSA) is 49.5 Å². The largest absolute Gasteiger partial charge is 0.396 e. The van der Waals surface area contributed by atoms with Crippen LogP contribution < -0.4 is 5.73 Å². The summed E-state index contributed by atoms with van der Waals surface area (Å²) in [5.74, 6) is -0.199. The summed E-state index contributed by atoms with van der Waals surface area (Å²) in [5, 5.41) is 8.79. The predicted molar refractivity (Wildman–Crippen MR) is 66.9 cm³/mol. The van der Waals surface area contributed by atoms with Crippen LogP contribution in [0.15, 0.2) is 18.2 Å². The molecule has 3 nitrogen and oxygen atoms in total. The van der Waals surface area contributed by atoms with Crippen molar-refractivity contribution in [3.63, 3.8) is 0 Å². The summed E-state index contributed by atoms with van der Waals surface area (Å²) in [6.07, 6.45) is 0.719. The van der Waals surface area contributed by atoms with Gasteiger partial charge in [-0.15, -0.1) is 0 Å². The van der Waals surface area contributed by atoms with Crippen molar-refractivity contribution in [1.82, 2.24) is 4.90 Å². The number of benzene rings is 1. The average Bonchev–Trinajstić information content (AvgIpc) is 2.36. The van der Waals surface area contributed by atoms with Crippen molar-refractivity contribution < 1.29 is 9.50 Å². The molecule has 0 amide bonds. The summed E-state index contributed by atoms with van der Waals surface area (Å²) in [7, 11) is 0. The molecule has 1 aromatic carbocycles. The third-order valence-electron chi connectivity index (χ3n) is 2.83. The van der Waals surface area contributed by atoms with Gasteiger partial charge in [-0.05, 0) is 24.6 Å². The number of hydrogen-bond acceptors (Lipinski definition) is 3. The van der Waals surface area contributed by atoms with E-state index in [1.807, 2.05) is 13.0 Å². The van der Waals surface area contributed by atoms with Gasteiger partial charge in [-0.2, -0.15) is 0 Å². The van der Waals surface area contributed by atoms with E-state index in [1.165, 1.54) is 6.07 Å². The van der Waals surface area contributed by atoms with Crippen LogP contribution in [0.2, 0.25) is 0 Å². The quantitative estimate of drug-likeness (QED) is 0.759. The van der Waals surface area contributed by atoms with Gasteiger partial charge in [-0.3, -0.25) is 4.90 Å². The minimum Gasteiger partial charge on any atom is -0.396 e. The Balaban J connectivity index is 2.65. The first-order valence-corrected chi connectivity index (χ1v) is 6.01. The standard InChI is InChI=1S/C13H21FN2O/c1-2-16(6-3-7-17)10-12-5-4-11(9-15)8-13(12)14/h4-5,8,17H,2-3,6-7,9-10,15H2,1H3. The van der Waals surface area contributed by atoms with Gasteiger partial charge in [0.15, 0.2) is 0 Å². The van der Waals surface area contributed by atoms with Gasteiger partial charge in [-0.1, -0.05) is 19.1 Å². The highest BCUT2D eigenvalue weighted by Gasteiger charge is 2.08. The number of aliphatic hydroxyl groups excluding tert-OH is 1. The maximum Gasteiger partial charge on any atom is 0.128 e. The van der Waals surface area contributed by atoms with E-state index in [9.17, 15) is 4.39 Å². The minimum atomic E-state index is -0.199. The van der Waals surface area contributed by atoms with Crippen LogP contribution in [-0.2, 0) is 13.1 Å². The third-order valence-corrected chi connectivity index (χ3v) is 2.83. The molecule has 17 heavy (non-hydrogen) atoms. The summed E-state index contributed by atoms with van der Waals surface area (Å²) >= 11 is 0. The molecule has 0 aliphatic carbocycles. The van der Waals surface area contributed by atoms with Gasteiger partial charge in [0, 0.05) is 31.8 Å². The Labute approximate surface area is 102 Å². The van der Waals surface area contributed by atoms with Crippen molar-refractivity contribution >= 4 is 0 Å². The van der Waals surface area contributed by atoms with Crippen molar-refractivity contribution in [2.24, 2.45) is 5.73 Å².